The minimum atomic E-state index is 0.343. The second kappa shape index (κ2) is 5.05. The van der Waals surface area contributed by atoms with Crippen LogP contribution in [-0.4, -0.2) is 41.8 Å². The van der Waals surface area contributed by atoms with Gasteiger partial charge in [0.05, 0.1) is 5.39 Å². The van der Waals surface area contributed by atoms with E-state index in [0.29, 0.717) is 5.41 Å². The van der Waals surface area contributed by atoms with Crippen LogP contribution in [0.3, 0.4) is 0 Å². The van der Waals surface area contributed by atoms with Crippen LogP contribution in [0.4, 0.5) is 5.82 Å². The number of rotatable bonds is 5. The molecular weight excluding hydrogens is 252 g/mol. The number of nitrogens with zero attached hydrogens (tertiary/aromatic N) is 3. The fraction of sp³-hybridized carbons (Fsp3) is 0.600. The van der Waals surface area contributed by atoms with Gasteiger partial charge in [0.1, 0.15) is 17.8 Å². The number of ether oxygens (including phenoxy) is 1. The van der Waals surface area contributed by atoms with E-state index < -0.39 is 0 Å². The first-order valence-corrected chi connectivity index (χ1v) is 7.22. The molecule has 0 radical (unpaired) electrons. The highest BCUT2D eigenvalue weighted by molar-refractivity contribution is 5.91. The lowest BCUT2D eigenvalue weighted by Gasteiger charge is -2.49. The fourth-order valence-corrected chi connectivity index (χ4v) is 3.06. The molecule has 5 nitrogen and oxygen atoms in total. The van der Waals surface area contributed by atoms with Crippen LogP contribution < -0.4 is 4.90 Å². The number of methoxy groups -OCH3 is 1. The summed E-state index contributed by atoms with van der Waals surface area (Å²) in [5, 5.41) is 1.18. The first kappa shape index (κ1) is 13.4. The van der Waals surface area contributed by atoms with Gasteiger partial charge in [0, 0.05) is 38.4 Å². The summed E-state index contributed by atoms with van der Waals surface area (Å²) in [5.74, 6) is 1.07. The topological polar surface area (TPSA) is 54.0 Å². The standard InChI is InChI=1S/C15H22N4O/c1-4-11-7-16-13-12(11)14(18-10-17-13)19-8-15(2,9-19)5-6-20-3/h7,10H,4-6,8-9H2,1-3H3,(H,16,17,18). The van der Waals surface area contributed by atoms with Crippen LogP contribution in [0.15, 0.2) is 12.5 Å². The third-order valence-electron chi connectivity index (χ3n) is 4.27. The predicted octanol–water partition coefficient (Wildman–Crippen LogP) is 2.38. The van der Waals surface area contributed by atoms with Crippen LogP contribution in [-0.2, 0) is 11.2 Å². The van der Waals surface area contributed by atoms with Gasteiger partial charge in [-0.15, -0.1) is 0 Å². The second-order valence-electron chi connectivity index (χ2n) is 6.00. The van der Waals surface area contributed by atoms with Crippen LogP contribution in [0.25, 0.3) is 11.0 Å². The molecule has 5 heteroatoms. The molecule has 2 aromatic rings. The van der Waals surface area contributed by atoms with Gasteiger partial charge in [0.15, 0.2) is 0 Å². The van der Waals surface area contributed by atoms with Gasteiger partial charge in [-0.2, -0.15) is 0 Å². The van der Waals surface area contributed by atoms with Crippen molar-refractivity contribution in [3.8, 4) is 0 Å². The Balaban J connectivity index is 1.84. The van der Waals surface area contributed by atoms with Crippen molar-refractivity contribution >= 4 is 16.9 Å². The number of hydrogen-bond donors (Lipinski definition) is 1. The molecule has 0 aromatic carbocycles. The smallest absolute Gasteiger partial charge is 0.143 e. The maximum absolute atomic E-state index is 5.20. The summed E-state index contributed by atoms with van der Waals surface area (Å²) in [4.78, 5) is 14.4. The molecule has 1 saturated heterocycles. The molecule has 1 aliphatic rings. The molecule has 108 valence electrons. The van der Waals surface area contributed by atoms with Crippen LogP contribution in [0.1, 0.15) is 25.8 Å². The van der Waals surface area contributed by atoms with E-state index in [4.69, 9.17) is 4.74 Å². The van der Waals surface area contributed by atoms with E-state index in [0.717, 1.165) is 44.0 Å². The molecule has 0 saturated carbocycles. The van der Waals surface area contributed by atoms with Gasteiger partial charge < -0.3 is 14.6 Å². The van der Waals surface area contributed by atoms with Gasteiger partial charge >= 0.3 is 0 Å². The number of H-pyrrole nitrogens is 1. The Morgan fingerprint density at radius 1 is 1.40 bits per heavy atom. The van der Waals surface area contributed by atoms with Crippen LogP contribution in [0.2, 0.25) is 0 Å². The number of hydrogen-bond acceptors (Lipinski definition) is 4. The maximum Gasteiger partial charge on any atom is 0.143 e. The van der Waals surface area contributed by atoms with E-state index in [1.807, 2.05) is 6.20 Å². The van der Waals surface area contributed by atoms with Crippen molar-refractivity contribution in [1.29, 1.82) is 0 Å². The summed E-state index contributed by atoms with van der Waals surface area (Å²) in [6.45, 7) is 7.39. The predicted molar refractivity (Wildman–Crippen MR) is 80.1 cm³/mol. The zero-order chi connectivity index (χ0) is 14.2. The minimum absolute atomic E-state index is 0.343. The molecule has 0 aliphatic carbocycles. The second-order valence-corrected chi connectivity index (χ2v) is 6.00. The van der Waals surface area contributed by atoms with E-state index in [9.17, 15) is 0 Å². The molecule has 20 heavy (non-hydrogen) atoms. The lowest BCUT2D eigenvalue weighted by atomic mass is 9.79. The highest BCUT2D eigenvalue weighted by atomic mass is 16.5. The van der Waals surface area contributed by atoms with Crippen molar-refractivity contribution in [2.24, 2.45) is 5.41 Å². The Hall–Kier alpha value is -1.62. The molecule has 1 N–H and O–H groups in total. The molecule has 0 amide bonds. The van der Waals surface area contributed by atoms with Crippen molar-refractivity contribution < 1.29 is 4.74 Å². The molecule has 0 unspecified atom stereocenters. The van der Waals surface area contributed by atoms with E-state index in [2.05, 4.69) is 33.7 Å². The SMILES string of the molecule is CCc1c[nH]c2ncnc(N3CC(C)(CCOC)C3)c12. The zero-order valence-electron chi connectivity index (χ0n) is 12.4. The van der Waals surface area contributed by atoms with E-state index in [1.54, 1.807) is 13.4 Å². The molecule has 1 aliphatic heterocycles. The first-order valence-electron chi connectivity index (χ1n) is 7.22. The van der Waals surface area contributed by atoms with Gasteiger partial charge in [-0.3, -0.25) is 0 Å². The van der Waals surface area contributed by atoms with Crippen molar-refractivity contribution in [2.45, 2.75) is 26.7 Å². The van der Waals surface area contributed by atoms with E-state index >= 15 is 0 Å². The summed E-state index contributed by atoms with van der Waals surface area (Å²) in [6.07, 6.45) is 5.79. The third-order valence-corrected chi connectivity index (χ3v) is 4.27. The van der Waals surface area contributed by atoms with Crippen LogP contribution >= 0.6 is 0 Å². The van der Waals surface area contributed by atoms with Crippen LogP contribution in [0, 0.1) is 5.41 Å². The van der Waals surface area contributed by atoms with Crippen molar-refractivity contribution in [1.82, 2.24) is 15.0 Å². The molecule has 3 heterocycles. The molecule has 0 atom stereocenters. The molecule has 2 aromatic heterocycles. The van der Waals surface area contributed by atoms with Crippen LogP contribution in [0.5, 0.6) is 0 Å². The minimum Gasteiger partial charge on any atom is -0.385 e. The van der Waals surface area contributed by atoms with Gasteiger partial charge in [-0.25, -0.2) is 9.97 Å². The summed E-state index contributed by atoms with van der Waals surface area (Å²) in [5.41, 5.74) is 2.58. The fourth-order valence-electron chi connectivity index (χ4n) is 3.06. The van der Waals surface area contributed by atoms with Gasteiger partial charge in [-0.05, 0) is 18.4 Å². The number of anilines is 1. The summed E-state index contributed by atoms with van der Waals surface area (Å²) >= 11 is 0. The Morgan fingerprint density at radius 3 is 2.90 bits per heavy atom. The highest BCUT2D eigenvalue weighted by Crippen LogP contribution is 2.39. The number of fused-ring (bicyclic) bond motifs is 1. The first-order chi connectivity index (χ1) is 9.67. The quantitative estimate of drug-likeness (QED) is 0.909. The third kappa shape index (κ3) is 2.16. The normalized spacial score (nSPS) is 17.4. The molecule has 0 bridgehead atoms. The lowest BCUT2D eigenvalue weighted by molar-refractivity contribution is 0.124. The monoisotopic (exact) mass is 274 g/mol. The Bertz CT molecular complexity index is 601. The number of aryl methyl sites for hydroxylation is 1. The van der Waals surface area contributed by atoms with Crippen molar-refractivity contribution in [2.75, 3.05) is 31.7 Å². The van der Waals surface area contributed by atoms with Gasteiger partial charge in [0.25, 0.3) is 0 Å². The van der Waals surface area contributed by atoms with Crippen molar-refractivity contribution in [3.05, 3.63) is 18.1 Å². The summed E-state index contributed by atoms with van der Waals surface area (Å²) < 4.78 is 5.20. The van der Waals surface area contributed by atoms with E-state index in [1.165, 1.54) is 10.9 Å². The lowest BCUT2D eigenvalue weighted by Crippen LogP contribution is -2.55. The molecular formula is C15H22N4O. The summed E-state index contributed by atoms with van der Waals surface area (Å²) in [6, 6.07) is 0. The zero-order valence-corrected chi connectivity index (χ0v) is 12.4. The number of aromatic amines is 1. The highest BCUT2D eigenvalue weighted by Gasteiger charge is 2.39. The Labute approximate surface area is 119 Å². The van der Waals surface area contributed by atoms with Gasteiger partial charge in [0.2, 0.25) is 0 Å². The average molecular weight is 274 g/mol. The Kier molecular flexibility index (Phi) is 3.38. The summed E-state index contributed by atoms with van der Waals surface area (Å²) in [7, 11) is 1.76. The molecule has 3 rings (SSSR count). The molecule has 1 fully saturated rings. The molecule has 0 spiro atoms. The number of nitrogens with one attached hydrogen (secondary N) is 1. The van der Waals surface area contributed by atoms with E-state index in [-0.39, 0.29) is 0 Å². The van der Waals surface area contributed by atoms with Gasteiger partial charge in [-0.1, -0.05) is 13.8 Å². The Morgan fingerprint density at radius 2 is 2.20 bits per heavy atom. The maximum atomic E-state index is 5.20. The average Bonchev–Trinajstić information content (AvgIpc) is 2.85. The largest absolute Gasteiger partial charge is 0.385 e. The number of aromatic nitrogens is 3. The van der Waals surface area contributed by atoms with Crippen molar-refractivity contribution in [3.63, 3.8) is 0 Å².